The van der Waals surface area contributed by atoms with E-state index in [1.165, 1.54) is 31.3 Å². The van der Waals surface area contributed by atoms with Gasteiger partial charge in [0.1, 0.15) is 0 Å². The fourth-order valence-electron chi connectivity index (χ4n) is 1.37. The van der Waals surface area contributed by atoms with Gasteiger partial charge in [-0.25, -0.2) is 0 Å². The van der Waals surface area contributed by atoms with Crippen LogP contribution in [0.15, 0.2) is 12.2 Å². The Morgan fingerprint density at radius 3 is 2.75 bits per heavy atom. The summed E-state index contributed by atoms with van der Waals surface area (Å²) < 4.78 is 0. The fourth-order valence-corrected chi connectivity index (χ4v) is 1.37. The lowest BCUT2D eigenvalue weighted by Gasteiger charge is -1.99. The van der Waals surface area contributed by atoms with Gasteiger partial charge in [-0.2, -0.15) is 0 Å². The van der Waals surface area contributed by atoms with Crippen molar-refractivity contribution in [3.05, 3.63) is 12.2 Å². The Hall–Kier alpha value is -0.260. The third-order valence-electron chi connectivity index (χ3n) is 2.06. The minimum Gasteiger partial charge on any atom is -0.0999 e. The van der Waals surface area contributed by atoms with Crippen LogP contribution >= 0.6 is 0 Å². The van der Waals surface area contributed by atoms with Crippen molar-refractivity contribution in [2.24, 2.45) is 5.92 Å². The molecule has 0 aliphatic heterocycles. The van der Waals surface area contributed by atoms with Gasteiger partial charge in [-0.1, -0.05) is 25.5 Å². The van der Waals surface area contributed by atoms with Crippen LogP contribution in [0, 0.1) is 5.92 Å². The van der Waals surface area contributed by atoms with Gasteiger partial charge in [0.15, 0.2) is 0 Å². The Bertz CT molecular complexity index is 92.2. The molecule has 1 rings (SSSR count). The van der Waals surface area contributed by atoms with Crippen LogP contribution < -0.4 is 0 Å². The summed E-state index contributed by atoms with van der Waals surface area (Å²) in [5, 5.41) is 0. The topological polar surface area (TPSA) is 0 Å². The summed E-state index contributed by atoms with van der Waals surface area (Å²) in [4.78, 5) is 0. The van der Waals surface area contributed by atoms with Crippen molar-refractivity contribution in [3.8, 4) is 0 Å². The Balaban J connectivity index is 2.32. The highest BCUT2D eigenvalue weighted by atomic mass is 14.2. The molecule has 0 N–H and O–H groups in total. The average Bonchev–Trinajstić information content (AvgIpc) is 2.14. The molecule has 0 aromatic rings. The normalized spacial score (nSPS) is 29.1. The van der Waals surface area contributed by atoms with Gasteiger partial charge in [0, 0.05) is 0 Å². The third-order valence-corrected chi connectivity index (χ3v) is 2.06. The van der Waals surface area contributed by atoms with Crippen LogP contribution in [0.4, 0.5) is 0 Å². The van der Waals surface area contributed by atoms with E-state index in [4.69, 9.17) is 0 Å². The second-order valence-electron chi connectivity index (χ2n) is 2.77. The lowest BCUT2D eigenvalue weighted by Crippen LogP contribution is -1.86. The summed E-state index contributed by atoms with van der Waals surface area (Å²) in [6.07, 6.45) is 5.34. The predicted octanol–water partition coefficient (Wildman–Crippen LogP) is 2.75. The zero-order valence-corrected chi connectivity index (χ0v) is 5.61. The van der Waals surface area contributed by atoms with E-state index in [1.807, 2.05) is 0 Å². The molecule has 1 aliphatic rings. The quantitative estimate of drug-likeness (QED) is 0.455. The largest absolute Gasteiger partial charge is 0.0999 e. The maximum absolute atomic E-state index is 3.95. The van der Waals surface area contributed by atoms with E-state index in [-0.39, 0.29) is 0 Å². The van der Waals surface area contributed by atoms with Crippen molar-refractivity contribution >= 4 is 0 Å². The Kier molecular flexibility index (Phi) is 1.72. The molecule has 0 spiro atoms. The van der Waals surface area contributed by atoms with E-state index in [0.29, 0.717) is 0 Å². The number of allylic oxidation sites excluding steroid dienone is 1. The molecule has 1 atom stereocenters. The summed E-state index contributed by atoms with van der Waals surface area (Å²) in [7, 11) is 0. The van der Waals surface area contributed by atoms with E-state index in [1.54, 1.807) is 0 Å². The van der Waals surface area contributed by atoms with Gasteiger partial charge >= 0.3 is 0 Å². The van der Waals surface area contributed by atoms with E-state index in [9.17, 15) is 0 Å². The molecule has 0 heteroatoms. The summed E-state index contributed by atoms with van der Waals surface area (Å²) in [5.41, 5.74) is 1.47. The van der Waals surface area contributed by atoms with Crippen molar-refractivity contribution < 1.29 is 0 Å². The van der Waals surface area contributed by atoms with Gasteiger partial charge in [-0.15, -0.1) is 0 Å². The first-order valence-electron chi connectivity index (χ1n) is 3.49. The number of rotatable bonds is 1. The van der Waals surface area contributed by atoms with Crippen molar-refractivity contribution in [2.45, 2.75) is 32.6 Å². The standard InChI is InChI=1S/C8H14/c1-3-8-5-4-7(2)6-8/h8H,2-6H2,1H3/t8-/m0/s1. The van der Waals surface area contributed by atoms with Gasteiger partial charge in [-0.05, 0) is 25.2 Å². The Morgan fingerprint density at radius 2 is 2.50 bits per heavy atom. The smallest absolute Gasteiger partial charge is 0.0294 e. The zero-order chi connectivity index (χ0) is 5.98. The molecule has 0 unspecified atom stereocenters. The lowest BCUT2D eigenvalue weighted by atomic mass is 10.1. The molecule has 0 nitrogen and oxygen atoms in total. The van der Waals surface area contributed by atoms with E-state index in [0.717, 1.165) is 5.92 Å². The van der Waals surface area contributed by atoms with Crippen LogP contribution in [0.5, 0.6) is 0 Å². The molecule has 1 fully saturated rings. The molecule has 0 radical (unpaired) electrons. The van der Waals surface area contributed by atoms with Crippen molar-refractivity contribution in [1.29, 1.82) is 0 Å². The molecule has 0 saturated heterocycles. The second-order valence-corrected chi connectivity index (χ2v) is 2.77. The first-order chi connectivity index (χ1) is 3.83. The monoisotopic (exact) mass is 110 g/mol. The molecule has 0 aromatic heterocycles. The van der Waals surface area contributed by atoms with E-state index >= 15 is 0 Å². The van der Waals surface area contributed by atoms with Crippen molar-refractivity contribution in [3.63, 3.8) is 0 Å². The highest BCUT2D eigenvalue weighted by molar-refractivity contribution is 5.01. The average molecular weight is 110 g/mol. The molecule has 0 heterocycles. The van der Waals surface area contributed by atoms with Crippen molar-refractivity contribution in [1.82, 2.24) is 0 Å². The van der Waals surface area contributed by atoms with Gasteiger partial charge in [0.2, 0.25) is 0 Å². The van der Waals surface area contributed by atoms with Crippen LogP contribution in [0.3, 0.4) is 0 Å². The highest BCUT2D eigenvalue weighted by Crippen LogP contribution is 2.30. The molecule has 46 valence electrons. The summed E-state index contributed by atoms with van der Waals surface area (Å²) in [6.45, 7) is 6.22. The third kappa shape index (κ3) is 1.12. The van der Waals surface area contributed by atoms with E-state index < -0.39 is 0 Å². The molecular weight excluding hydrogens is 96.1 g/mol. The minimum absolute atomic E-state index is 0.975. The Labute approximate surface area is 51.6 Å². The summed E-state index contributed by atoms with van der Waals surface area (Å²) in [6, 6.07) is 0. The number of hydrogen-bond acceptors (Lipinski definition) is 0. The lowest BCUT2D eigenvalue weighted by molar-refractivity contribution is 0.538. The summed E-state index contributed by atoms with van der Waals surface area (Å²) >= 11 is 0. The molecule has 0 bridgehead atoms. The zero-order valence-electron chi connectivity index (χ0n) is 5.61. The maximum Gasteiger partial charge on any atom is -0.0294 e. The first kappa shape index (κ1) is 5.87. The Morgan fingerprint density at radius 1 is 1.75 bits per heavy atom. The van der Waals surface area contributed by atoms with Crippen LogP contribution in [0.25, 0.3) is 0 Å². The SMILES string of the molecule is C=C1CC[C@H](CC)C1. The van der Waals surface area contributed by atoms with Gasteiger partial charge < -0.3 is 0 Å². The molecule has 0 amide bonds. The summed E-state index contributed by atoms with van der Waals surface area (Å²) in [5.74, 6) is 0.975. The number of hydrogen-bond donors (Lipinski definition) is 0. The van der Waals surface area contributed by atoms with Crippen LogP contribution in [0.1, 0.15) is 32.6 Å². The maximum atomic E-state index is 3.95. The predicted molar refractivity (Wildman–Crippen MR) is 36.8 cm³/mol. The molecule has 1 saturated carbocycles. The minimum atomic E-state index is 0.975. The van der Waals surface area contributed by atoms with Crippen LogP contribution in [0.2, 0.25) is 0 Å². The van der Waals surface area contributed by atoms with E-state index in [2.05, 4.69) is 13.5 Å². The van der Waals surface area contributed by atoms with Crippen LogP contribution in [-0.4, -0.2) is 0 Å². The second kappa shape index (κ2) is 2.34. The highest BCUT2D eigenvalue weighted by Gasteiger charge is 2.14. The fraction of sp³-hybridized carbons (Fsp3) is 0.750. The van der Waals surface area contributed by atoms with Gasteiger partial charge in [0.25, 0.3) is 0 Å². The molecule has 1 aliphatic carbocycles. The molecular formula is C8H14. The van der Waals surface area contributed by atoms with Gasteiger partial charge in [0.05, 0.1) is 0 Å². The first-order valence-corrected chi connectivity index (χ1v) is 3.49. The van der Waals surface area contributed by atoms with Crippen LogP contribution in [-0.2, 0) is 0 Å². The van der Waals surface area contributed by atoms with Crippen molar-refractivity contribution in [2.75, 3.05) is 0 Å². The molecule has 8 heavy (non-hydrogen) atoms. The van der Waals surface area contributed by atoms with Gasteiger partial charge in [-0.3, -0.25) is 0 Å². The molecule has 0 aromatic carbocycles.